The summed E-state index contributed by atoms with van der Waals surface area (Å²) in [6, 6.07) is 0. The molecule has 7 heteroatoms. The lowest BCUT2D eigenvalue weighted by Gasteiger charge is -2.39. The molecule has 0 atom stereocenters. The van der Waals surface area contributed by atoms with E-state index in [4.69, 9.17) is 4.74 Å². The highest BCUT2D eigenvalue weighted by Crippen LogP contribution is 2.13. The molecular formula is C12H24N2O4S. The van der Waals surface area contributed by atoms with Gasteiger partial charge in [-0.05, 0) is 26.8 Å². The summed E-state index contributed by atoms with van der Waals surface area (Å²) in [5.74, 6) is -0.459. The van der Waals surface area contributed by atoms with Gasteiger partial charge in [0.15, 0.2) is 0 Å². The highest BCUT2D eigenvalue weighted by molar-refractivity contribution is 7.90. The number of nitrogens with one attached hydrogen (secondary N) is 1. The number of carbonyl (C=O) groups excluding carboxylic acids is 1. The SMILES string of the molecule is CCC(=O)NS(=O)(=O)CCCN1CC(OC(C)C)C1. The summed E-state index contributed by atoms with van der Waals surface area (Å²) in [6.45, 7) is 8.08. The molecule has 0 bridgehead atoms. The van der Waals surface area contributed by atoms with E-state index in [0.717, 1.165) is 19.6 Å². The Morgan fingerprint density at radius 3 is 2.58 bits per heavy atom. The average Bonchev–Trinajstić information content (AvgIpc) is 2.24. The Kier molecular flexibility index (Phi) is 6.22. The van der Waals surface area contributed by atoms with Crippen molar-refractivity contribution in [2.45, 2.75) is 45.8 Å². The van der Waals surface area contributed by atoms with Crippen molar-refractivity contribution >= 4 is 15.9 Å². The summed E-state index contributed by atoms with van der Waals surface area (Å²) >= 11 is 0. The molecule has 19 heavy (non-hydrogen) atoms. The molecule has 1 heterocycles. The number of ether oxygens (including phenoxy) is 1. The first-order valence-corrected chi connectivity index (χ1v) is 8.38. The fourth-order valence-electron chi connectivity index (χ4n) is 1.95. The lowest BCUT2D eigenvalue weighted by atomic mass is 10.1. The van der Waals surface area contributed by atoms with E-state index in [2.05, 4.69) is 4.90 Å². The summed E-state index contributed by atoms with van der Waals surface area (Å²) in [5, 5.41) is 0. The van der Waals surface area contributed by atoms with Crippen LogP contribution >= 0.6 is 0 Å². The van der Waals surface area contributed by atoms with Crippen LogP contribution in [0.3, 0.4) is 0 Å². The van der Waals surface area contributed by atoms with E-state index in [1.54, 1.807) is 6.92 Å². The average molecular weight is 292 g/mol. The van der Waals surface area contributed by atoms with Gasteiger partial charge in [0, 0.05) is 19.5 Å². The second-order valence-electron chi connectivity index (χ2n) is 5.12. The highest BCUT2D eigenvalue weighted by atomic mass is 32.2. The largest absolute Gasteiger partial charge is 0.373 e. The number of hydrogen-bond acceptors (Lipinski definition) is 5. The van der Waals surface area contributed by atoms with E-state index in [-0.39, 0.29) is 24.4 Å². The van der Waals surface area contributed by atoms with Gasteiger partial charge >= 0.3 is 0 Å². The fourth-order valence-corrected chi connectivity index (χ4v) is 3.05. The topological polar surface area (TPSA) is 75.7 Å². The molecule has 1 saturated heterocycles. The van der Waals surface area contributed by atoms with Crippen molar-refractivity contribution in [3.05, 3.63) is 0 Å². The van der Waals surface area contributed by atoms with Gasteiger partial charge in [0.05, 0.1) is 18.0 Å². The maximum Gasteiger partial charge on any atom is 0.234 e. The molecule has 6 nitrogen and oxygen atoms in total. The fraction of sp³-hybridized carbons (Fsp3) is 0.917. The van der Waals surface area contributed by atoms with E-state index in [0.29, 0.717) is 6.42 Å². The van der Waals surface area contributed by atoms with Crippen LogP contribution in [-0.2, 0) is 19.6 Å². The smallest absolute Gasteiger partial charge is 0.234 e. The minimum atomic E-state index is -3.46. The molecular weight excluding hydrogens is 268 g/mol. The Labute approximate surface area is 115 Å². The Morgan fingerprint density at radius 2 is 2.05 bits per heavy atom. The number of likely N-dealkylation sites (tertiary alicyclic amines) is 1. The van der Waals surface area contributed by atoms with Gasteiger partial charge in [0.1, 0.15) is 0 Å². The Bertz CT molecular complexity index is 389. The molecule has 0 unspecified atom stereocenters. The lowest BCUT2D eigenvalue weighted by Crippen LogP contribution is -2.53. The first kappa shape index (κ1) is 16.4. The van der Waals surface area contributed by atoms with Gasteiger partial charge in [-0.25, -0.2) is 8.42 Å². The first-order chi connectivity index (χ1) is 8.82. The van der Waals surface area contributed by atoms with Gasteiger partial charge in [-0.15, -0.1) is 0 Å². The molecule has 0 aromatic rings. The van der Waals surface area contributed by atoms with Crippen LogP contribution < -0.4 is 4.72 Å². The number of nitrogens with zero attached hydrogens (tertiary/aromatic N) is 1. The number of amides is 1. The van der Waals surface area contributed by atoms with Crippen LogP contribution in [0.1, 0.15) is 33.6 Å². The molecule has 1 aliphatic rings. The maximum atomic E-state index is 11.5. The molecule has 0 aromatic carbocycles. The van der Waals surface area contributed by atoms with Gasteiger partial charge in [-0.1, -0.05) is 6.92 Å². The number of rotatable bonds is 8. The zero-order chi connectivity index (χ0) is 14.5. The summed E-state index contributed by atoms with van der Waals surface area (Å²) in [7, 11) is -3.46. The molecule has 112 valence electrons. The molecule has 1 rings (SSSR count). The van der Waals surface area contributed by atoms with Crippen molar-refractivity contribution in [2.75, 3.05) is 25.4 Å². The Hall–Kier alpha value is -0.660. The molecule has 1 N–H and O–H groups in total. The summed E-state index contributed by atoms with van der Waals surface area (Å²) in [6.07, 6.45) is 1.22. The van der Waals surface area contributed by atoms with Crippen molar-refractivity contribution < 1.29 is 17.9 Å². The second kappa shape index (κ2) is 7.21. The normalized spacial score (nSPS) is 17.5. The Balaban J connectivity index is 2.13. The molecule has 0 aliphatic carbocycles. The predicted octanol–water partition coefficient (Wildman–Crippen LogP) is 0.342. The van der Waals surface area contributed by atoms with Crippen LogP contribution in [0.4, 0.5) is 0 Å². The van der Waals surface area contributed by atoms with E-state index in [1.165, 1.54) is 0 Å². The molecule has 0 aromatic heterocycles. The minimum Gasteiger partial charge on any atom is -0.373 e. The van der Waals surface area contributed by atoms with Crippen LogP contribution in [0, 0.1) is 0 Å². The standard InChI is InChI=1S/C12H24N2O4S/c1-4-12(15)13-19(16,17)7-5-6-14-8-11(9-14)18-10(2)3/h10-11H,4-9H2,1-3H3,(H,13,15). The molecule has 1 aliphatic heterocycles. The minimum absolute atomic E-state index is 0.00898. The quantitative estimate of drug-likeness (QED) is 0.698. The van der Waals surface area contributed by atoms with Crippen molar-refractivity contribution in [2.24, 2.45) is 0 Å². The van der Waals surface area contributed by atoms with Gasteiger partial charge < -0.3 is 4.74 Å². The number of hydrogen-bond donors (Lipinski definition) is 1. The molecule has 0 radical (unpaired) electrons. The van der Waals surface area contributed by atoms with Gasteiger partial charge in [-0.3, -0.25) is 14.4 Å². The van der Waals surface area contributed by atoms with Crippen molar-refractivity contribution in [3.8, 4) is 0 Å². The van der Waals surface area contributed by atoms with E-state index in [1.807, 2.05) is 18.6 Å². The van der Waals surface area contributed by atoms with Crippen molar-refractivity contribution in [1.29, 1.82) is 0 Å². The molecule has 1 fully saturated rings. The summed E-state index contributed by atoms with van der Waals surface area (Å²) in [5.41, 5.74) is 0. The number of sulfonamides is 1. The van der Waals surface area contributed by atoms with E-state index in [9.17, 15) is 13.2 Å². The highest BCUT2D eigenvalue weighted by Gasteiger charge is 2.27. The molecule has 0 spiro atoms. The van der Waals surface area contributed by atoms with Crippen LogP contribution in [-0.4, -0.2) is 56.8 Å². The lowest BCUT2D eigenvalue weighted by molar-refractivity contribution is -0.119. The first-order valence-electron chi connectivity index (χ1n) is 6.73. The third kappa shape index (κ3) is 6.35. The van der Waals surface area contributed by atoms with Crippen molar-refractivity contribution in [1.82, 2.24) is 9.62 Å². The predicted molar refractivity (Wildman–Crippen MR) is 73.3 cm³/mol. The Morgan fingerprint density at radius 1 is 1.42 bits per heavy atom. The van der Waals surface area contributed by atoms with Crippen molar-refractivity contribution in [3.63, 3.8) is 0 Å². The van der Waals surface area contributed by atoms with Gasteiger partial charge in [0.25, 0.3) is 0 Å². The van der Waals surface area contributed by atoms with Crippen LogP contribution in [0.2, 0.25) is 0 Å². The third-order valence-electron chi connectivity index (χ3n) is 2.87. The van der Waals surface area contributed by atoms with Crippen LogP contribution in [0.25, 0.3) is 0 Å². The summed E-state index contributed by atoms with van der Waals surface area (Å²) in [4.78, 5) is 13.2. The monoisotopic (exact) mass is 292 g/mol. The maximum absolute atomic E-state index is 11.5. The molecule has 0 saturated carbocycles. The molecule has 1 amide bonds. The van der Waals surface area contributed by atoms with Crippen LogP contribution in [0.5, 0.6) is 0 Å². The zero-order valence-electron chi connectivity index (χ0n) is 11.9. The van der Waals surface area contributed by atoms with E-state index >= 15 is 0 Å². The zero-order valence-corrected chi connectivity index (χ0v) is 12.7. The second-order valence-corrected chi connectivity index (χ2v) is 6.96. The third-order valence-corrected chi connectivity index (χ3v) is 4.23. The number of carbonyl (C=O) groups is 1. The van der Waals surface area contributed by atoms with Gasteiger partial charge in [0.2, 0.25) is 15.9 Å². The summed E-state index contributed by atoms with van der Waals surface area (Å²) < 4.78 is 30.7. The van der Waals surface area contributed by atoms with E-state index < -0.39 is 15.9 Å². The van der Waals surface area contributed by atoms with Crippen LogP contribution in [0.15, 0.2) is 0 Å². The van der Waals surface area contributed by atoms with Gasteiger partial charge in [-0.2, -0.15) is 0 Å².